The van der Waals surface area contributed by atoms with Crippen LogP contribution in [0.5, 0.6) is 0 Å². The van der Waals surface area contributed by atoms with Crippen LogP contribution in [0.3, 0.4) is 0 Å². The Bertz CT molecular complexity index is 979. The smallest absolute Gasteiger partial charge is 0.312 e. The van der Waals surface area contributed by atoms with E-state index in [-0.39, 0.29) is 64.9 Å². The summed E-state index contributed by atoms with van der Waals surface area (Å²) in [5.41, 5.74) is -0.316. The molecule has 0 amide bonds. The first-order chi connectivity index (χ1) is 18.7. The van der Waals surface area contributed by atoms with Crippen molar-refractivity contribution in [1.29, 1.82) is 0 Å². The van der Waals surface area contributed by atoms with Crippen molar-refractivity contribution in [2.45, 2.75) is 131 Å². The fourth-order valence-corrected chi connectivity index (χ4v) is 9.33. The summed E-state index contributed by atoms with van der Waals surface area (Å²) in [5.74, 6) is 2.13. The lowest BCUT2D eigenvalue weighted by Gasteiger charge is -2.52. The maximum atomic E-state index is 13.5. The Kier molecular flexibility index (Phi) is 8.27. The van der Waals surface area contributed by atoms with Gasteiger partial charge in [0.25, 0.3) is 0 Å². The van der Waals surface area contributed by atoms with Gasteiger partial charge in [-0.15, -0.1) is 0 Å². The Hall–Kier alpha value is -1.43. The highest BCUT2D eigenvalue weighted by Gasteiger charge is 2.68. The van der Waals surface area contributed by atoms with Gasteiger partial charge in [-0.25, -0.2) is 0 Å². The van der Waals surface area contributed by atoms with Crippen molar-refractivity contribution >= 4 is 17.7 Å². The topological polar surface area (TPSA) is 78.9 Å². The molecule has 0 aromatic heterocycles. The summed E-state index contributed by atoms with van der Waals surface area (Å²) >= 11 is 0. The summed E-state index contributed by atoms with van der Waals surface area (Å²) in [6, 6.07) is 0. The standard InChI is InChI=1S/C34H54O6/c1-8-22(30(36)39-19-38-29-25-12-21-11-24(15-25)28(35)27(29)13-21)14-23-16-26(10-9-20(23)2)40-31(37)34(17-32(3,4)5)18-33(34,6)7/h20-27,29H,8-19H2,1-7H3. The molecule has 10 unspecified atom stereocenters. The Morgan fingerprint density at radius 2 is 1.77 bits per heavy atom. The second-order valence-electron chi connectivity index (χ2n) is 16.3. The third-order valence-corrected chi connectivity index (χ3v) is 11.7. The summed E-state index contributed by atoms with van der Waals surface area (Å²) in [7, 11) is 0. The van der Waals surface area contributed by atoms with Gasteiger partial charge in [-0.05, 0) is 105 Å². The van der Waals surface area contributed by atoms with Crippen LogP contribution in [0.4, 0.5) is 0 Å². The highest BCUT2D eigenvalue weighted by atomic mass is 16.7. The molecule has 6 heteroatoms. The van der Waals surface area contributed by atoms with Gasteiger partial charge in [-0.1, -0.05) is 48.5 Å². The minimum absolute atomic E-state index is 0.00315. The Balaban J connectivity index is 1.11. The molecule has 6 rings (SSSR count). The molecule has 6 nitrogen and oxygen atoms in total. The summed E-state index contributed by atoms with van der Waals surface area (Å²) in [6.45, 7) is 15.2. The molecular weight excluding hydrogens is 504 g/mol. The third-order valence-electron chi connectivity index (χ3n) is 11.7. The number of hydrogen-bond acceptors (Lipinski definition) is 6. The lowest BCUT2D eigenvalue weighted by molar-refractivity contribution is -0.191. The molecule has 6 aliphatic rings. The molecule has 6 saturated carbocycles. The van der Waals surface area contributed by atoms with Crippen LogP contribution in [0.15, 0.2) is 0 Å². The maximum absolute atomic E-state index is 13.5. The van der Waals surface area contributed by atoms with Crippen molar-refractivity contribution in [1.82, 2.24) is 0 Å². The van der Waals surface area contributed by atoms with Gasteiger partial charge in [0.05, 0.1) is 17.4 Å². The molecule has 0 N–H and O–H groups in total. The number of rotatable bonds is 10. The number of carbonyl (C=O) groups is 3. The van der Waals surface area contributed by atoms with E-state index in [1.807, 2.05) is 6.92 Å². The molecular formula is C34H54O6. The molecule has 0 spiro atoms. The van der Waals surface area contributed by atoms with Gasteiger partial charge in [0.2, 0.25) is 0 Å². The van der Waals surface area contributed by atoms with Gasteiger partial charge >= 0.3 is 11.9 Å². The van der Waals surface area contributed by atoms with Crippen LogP contribution in [-0.4, -0.2) is 36.7 Å². The predicted molar refractivity (Wildman–Crippen MR) is 153 cm³/mol. The number of esters is 2. The van der Waals surface area contributed by atoms with Crippen LogP contribution in [0.2, 0.25) is 0 Å². The summed E-state index contributed by atoms with van der Waals surface area (Å²) in [6.07, 6.45) is 9.88. The molecule has 0 aromatic carbocycles. The number of hydrogen-bond donors (Lipinski definition) is 0. The molecule has 0 heterocycles. The van der Waals surface area contributed by atoms with E-state index in [0.717, 1.165) is 64.2 Å². The minimum Gasteiger partial charge on any atom is -0.462 e. The zero-order chi connectivity index (χ0) is 29.0. The molecule has 6 fully saturated rings. The van der Waals surface area contributed by atoms with Crippen LogP contribution in [-0.2, 0) is 28.6 Å². The Labute approximate surface area is 242 Å². The average molecular weight is 559 g/mol. The van der Waals surface area contributed by atoms with E-state index < -0.39 is 0 Å². The monoisotopic (exact) mass is 558 g/mol. The van der Waals surface area contributed by atoms with Gasteiger partial charge in [-0.3, -0.25) is 14.4 Å². The zero-order valence-electron chi connectivity index (χ0n) is 26.1. The lowest BCUT2D eigenvalue weighted by Crippen LogP contribution is -2.55. The SMILES string of the molecule is CCC(CC1CC(OC(=O)C2(CC(C)(C)C)CC2(C)C)CCC1C)C(=O)OCOC1C2CC3CC(C2)C(=O)C1C3. The first-order valence-corrected chi connectivity index (χ1v) is 16.3. The molecule has 0 aliphatic heterocycles. The lowest BCUT2D eigenvalue weighted by atomic mass is 9.54. The van der Waals surface area contributed by atoms with Gasteiger partial charge in [0.15, 0.2) is 6.79 Å². The fourth-order valence-electron chi connectivity index (χ4n) is 9.33. The minimum atomic E-state index is -0.374. The molecule has 0 aromatic rings. The van der Waals surface area contributed by atoms with E-state index in [1.165, 1.54) is 0 Å². The second kappa shape index (κ2) is 11.0. The van der Waals surface area contributed by atoms with Crippen molar-refractivity contribution in [2.75, 3.05) is 6.79 Å². The van der Waals surface area contributed by atoms with E-state index in [2.05, 4.69) is 41.5 Å². The largest absolute Gasteiger partial charge is 0.462 e. The van der Waals surface area contributed by atoms with Crippen molar-refractivity contribution in [3.05, 3.63) is 0 Å². The Morgan fingerprint density at radius 3 is 2.42 bits per heavy atom. The van der Waals surface area contributed by atoms with Crippen molar-refractivity contribution in [3.63, 3.8) is 0 Å². The van der Waals surface area contributed by atoms with Crippen molar-refractivity contribution in [2.24, 2.45) is 57.7 Å². The van der Waals surface area contributed by atoms with E-state index in [9.17, 15) is 14.4 Å². The highest BCUT2D eigenvalue weighted by molar-refractivity contribution is 5.86. The summed E-state index contributed by atoms with van der Waals surface area (Å²) in [5, 5.41) is 0. The van der Waals surface area contributed by atoms with E-state index >= 15 is 0 Å². The number of ketones is 1. The molecule has 0 saturated heterocycles. The summed E-state index contributed by atoms with van der Waals surface area (Å²) in [4.78, 5) is 39.3. The zero-order valence-corrected chi connectivity index (χ0v) is 26.1. The van der Waals surface area contributed by atoms with Crippen LogP contribution in [0, 0.1) is 57.7 Å². The van der Waals surface area contributed by atoms with E-state index in [4.69, 9.17) is 14.2 Å². The molecule has 226 valence electrons. The van der Waals surface area contributed by atoms with Crippen LogP contribution >= 0.6 is 0 Å². The third kappa shape index (κ3) is 5.90. The van der Waals surface area contributed by atoms with Gasteiger partial charge in [0.1, 0.15) is 11.9 Å². The first-order valence-electron chi connectivity index (χ1n) is 16.3. The fraction of sp³-hybridized carbons (Fsp3) is 0.912. The van der Waals surface area contributed by atoms with Gasteiger partial charge < -0.3 is 14.2 Å². The number of carbonyl (C=O) groups excluding carboxylic acids is 3. The molecule has 40 heavy (non-hydrogen) atoms. The van der Waals surface area contributed by atoms with Gasteiger partial charge in [0, 0.05) is 11.8 Å². The molecule has 0 radical (unpaired) electrons. The van der Waals surface area contributed by atoms with Crippen LogP contribution in [0.1, 0.15) is 119 Å². The summed E-state index contributed by atoms with van der Waals surface area (Å²) < 4.78 is 18.0. The van der Waals surface area contributed by atoms with Crippen molar-refractivity contribution in [3.8, 4) is 0 Å². The molecule has 10 atom stereocenters. The second-order valence-corrected chi connectivity index (χ2v) is 16.3. The van der Waals surface area contributed by atoms with Crippen LogP contribution in [0.25, 0.3) is 0 Å². The van der Waals surface area contributed by atoms with Crippen LogP contribution < -0.4 is 0 Å². The first kappa shape index (κ1) is 30.0. The van der Waals surface area contributed by atoms with E-state index in [1.54, 1.807) is 0 Å². The number of Topliss-reactive ketones (excluding diaryl/α,β-unsaturated/α-hetero) is 1. The number of ether oxygens (including phenoxy) is 3. The highest BCUT2D eigenvalue weighted by Crippen LogP contribution is 2.68. The van der Waals surface area contributed by atoms with Crippen molar-refractivity contribution < 1.29 is 28.6 Å². The molecule has 4 bridgehead atoms. The van der Waals surface area contributed by atoms with E-state index in [0.29, 0.717) is 35.9 Å². The molecule has 6 aliphatic carbocycles. The Morgan fingerprint density at radius 1 is 1.05 bits per heavy atom. The maximum Gasteiger partial charge on any atom is 0.312 e. The van der Waals surface area contributed by atoms with Gasteiger partial charge in [-0.2, -0.15) is 0 Å². The average Bonchev–Trinajstić information content (AvgIpc) is 3.42. The predicted octanol–water partition coefficient (Wildman–Crippen LogP) is 7.12. The normalized spacial score (nSPS) is 40.5. The quantitative estimate of drug-likeness (QED) is 0.210.